The number of carbonyl (C=O) groups excluding carboxylic acids is 1. The van der Waals surface area contributed by atoms with Crippen LogP contribution >= 0.6 is 0 Å². The van der Waals surface area contributed by atoms with Crippen molar-refractivity contribution in [3.05, 3.63) is 52.2 Å². The topological polar surface area (TPSA) is 90.2 Å². The second kappa shape index (κ2) is 8.35. The van der Waals surface area contributed by atoms with Crippen LogP contribution in [-0.4, -0.2) is 47.5 Å². The number of imidazole rings is 1. The van der Waals surface area contributed by atoms with Gasteiger partial charge >= 0.3 is 5.69 Å². The van der Waals surface area contributed by atoms with Crippen molar-refractivity contribution < 1.29 is 9.53 Å². The molecule has 1 heterocycles. The zero-order valence-electron chi connectivity index (χ0n) is 14.3. The summed E-state index contributed by atoms with van der Waals surface area (Å²) in [5.41, 5.74) is 0.901. The van der Waals surface area contributed by atoms with E-state index in [1.165, 1.54) is 6.20 Å². The van der Waals surface area contributed by atoms with Crippen molar-refractivity contribution >= 4 is 5.91 Å². The zero-order valence-corrected chi connectivity index (χ0v) is 14.3. The van der Waals surface area contributed by atoms with Gasteiger partial charge in [0.05, 0.1) is 13.2 Å². The number of amides is 1. The summed E-state index contributed by atoms with van der Waals surface area (Å²) >= 11 is 0. The smallest absolute Gasteiger partial charge is 0.323 e. The molecule has 0 aliphatic heterocycles. The summed E-state index contributed by atoms with van der Waals surface area (Å²) in [4.78, 5) is 30.4. The van der Waals surface area contributed by atoms with Crippen molar-refractivity contribution in [2.24, 2.45) is 0 Å². The SMILES string of the molecule is CCN(CC)[C@H](CNC(=O)c1c[nH]c(=O)[nH]1)c1cccc(OC)c1. The Hall–Kier alpha value is -2.54. The molecule has 130 valence electrons. The highest BCUT2D eigenvalue weighted by Crippen LogP contribution is 2.23. The number of benzene rings is 1. The summed E-state index contributed by atoms with van der Waals surface area (Å²) < 4.78 is 5.30. The number of nitrogens with one attached hydrogen (secondary N) is 3. The molecule has 0 fully saturated rings. The van der Waals surface area contributed by atoms with Crippen molar-refractivity contribution in [1.82, 2.24) is 20.2 Å². The molecule has 0 bridgehead atoms. The molecule has 1 atom stereocenters. The highest BCUT2D eigenvalue weighted by atomic mass is 16.5. The highest BCUT2D eigenvalue weighted by Gasteiger charge is 2.20. The summed E-state index contributed by atoms with van der Waals surface area (Å²) in [5.74, 6) is 0.472. The van der Waals surface area contributed by atoms with Crippen molar-refractivity contribution in [3.8, 4) is 5.75 Å². The number of likely N-dealkylation sites (N-methyl/N-ethyl adjacent to an activating group) is 1. The Labute approximate surface area is 141 Å². The van der Waals surface area contributed by atoms with Crippen LogP contribution < -0.4 is 15.7 Å². The first-order valence-electron chi connectivity index (χ1n) is 8.02. The van der Waals surface area contributed by atoms with E-state index in [-0.39, 0.29) is 17.6 Å². The normalized spacial score (nSPS) is 12.2. The molecule has 7 heteroatoms. The van der Waals surface area contributed by atoms with Crippen LogP contribution in [0.5, 0.6) is 5.75 Å². The number of ether oxygens (including phenoxy) is 1. The molecule has 1 aromatic heterocycles. The molecule has 0 saturated carbocycles. The predicted octanol–water partition coefficient (Wildman–Crippen LogP) is 1.52. The minimum Gasteiger partial charge on any atom is -0.497 e. The largest absolute Gasteiger partial charge is 0.497 e. The summed E-state index contributed by atoms with van der Waals surface area (Å²) in [6.07, 6.45) is 1.37. The van der Waals surface area contributed by atoms with Crippen LogP contribution in [0.4, 0.5) is 0 Å². The average Bonchev–Trinajstić information content (AvgIpc) is 3.05. The van der Waals surface area contributed by atoms with Gasteiger partial charge in [-0.3, -0.25) is 9.69 Å². The van der Waals surface area contributed by atoms with Crippen LogP contribution in [-0.2, 0) is 0 Å². The lowest BCUT2D eigenvalue weighted by molar-refractivity contribution is 0.0930. The third-order valence-electron chi connectivity index (χ3n) is 4.03. The number of hydrogen-bond acceptors (Lipinski definition) is 4. The fourth-order valence-corrected chi connectivity index (χ4v) is 2.71. The van der Waals surface area contributed by atoms with E-state index in [0.717, 1.165) is 24.4 Å². The maximum Gasteiger partial charge on any atom is 0.323 e. The number of rotatable bonds is 8. The molecule has 0 aliphatic rings. The van der Waals surface area contributed by atoms with E-state index in [0.29, 0.717) is 6.54 Å². The quantitative estimate of drug-likeness (QED) is 0.684. The molecular formula is C17H24N4O3. The number of nitrogens with zero attached hydrogens (tertiary/aromatic N) is 1. The zero-order chi connectivity index (χ0) is 17.5. The minimum atomic E-state index is -0.395. The van der Waals surface area contributed by atoms with Crippen LogP contribution in [0.25, 0.3) is 0 Å². The molecule has 7 nitrogen and oxygen atoms in total. The molecule has 1 amide bonds. The minimum absolute atomic E-state index is 0.0183. The third-order valence-corrected chi connectivity index (χ3v) is 4.03. The van der Waals surface area contributed by atoms with Crippen molar-refractivity contribution in [3.63, 3.8) is 0 Å². The number of H-pyrrole nitrogens is 2. The monoisotopic (exact) mass is 332 g/mol. The molecule has 0 radical (unpaired) electrons. The van der Waals surface area contributed by atoms with E-state index in [2.05, 4.69) is 34.0 Å². The summed E-state index contributed by atoms with van der Waals surface area (Å²) in [6, 6.07) is 7.86. The lowest BCUT2D eigenvalue weighted by Gasteiger charge is -2.30. The maximum absolute atomic E-state index is 12.2. The molecule has 0 spiro atoms. The average molecular weight is 332 g/mol. The molecule has 2 rings (SSSR count). The van der Waals surface area contributed by atoms with Crippen molar-refractivity contribution in [1.29, 1.82) is 0 Å². The molecule has 1 aromatic carbocycles. The second-order valence-corrected chi connectivity index (χ2v) is 5.38. The maximum atomic E-state index is 12.2. The van der Waals surface area contributed by atoms with Gasteiger partial charge in [0.25, 0.3) is 5.91 Å². The Balaban J connectivity index is 2.16. The lowest BCUT2D eigenvalue weighted by Crippen LogP contribution is -2.38. The summed E-state index contributed by atoms with van der Waals surface area (Å²) in [6.45, 7) is 6.32. The number of hydrogen-bond donors (Lipinski definition) is 3. The van der Waals surface area contributed by atoms with E-state index in [1.54, 1.807) is 7.11 Å². The van der Waals surface area contributed by atoms with E-state index in [1.807, 2.05) is 24.3 Å². The third kappa shape index (κ3) is 4.26. The molecule has 2 aromatic rings. The molecule has 24 heavy (non-hydrogen) atoms. The van der Waals surface area contributed by atoms with Gasteiger partial charge in [-0.1, -0.05) is 26.0 Å². The molecule has 3 N–H and O–H groups in total. The first-order valence-corrected chi connectivity index (χ1v) is 8.02. The van der Waals surface area contributed by atoms with Crippen molar-refractivity contribution in [2.75, 3.05) is 26.7 Å². The van der Waals surface area contributed by atoms with Gasteiger partial charge in [-0.25, -0.2) is 4.79 Å². The number of methoxy groups -OCH3 is 1. The van der Waals surface area contributed by atoms with Gasteiger partial charge in [0.2, 0.25) is 0 Å². The number of carbonyl (C=O) groups is 1. The molecular weight excluding hydrogens is 308 g/mol. The molecule has 0 saturated heterocycles. The Morgan fingerprint density at radius 3 is 2.67 bits per heavy atom. The Kier molecular flexibility index (Phi) is 6.20. The number of aromatic amines is 2. The van der Waals surface area contributed by atoms with Gasteiger partial charge in [-0.15, -0.1) is 0 Å². The van der Waals surface area contributed by atoms with Gasteiger partial charge in [-0.05, 0) is 30.8 Å². The number of aromatic nitrogens is 2. The van der Waals surface area contributed by atoms with E-state index in [9.17, 15) is 9.59 Å². The summed E-state index contributed by atoms with van der Waals surface area (Å²) in [5, 5.41) is 2.89. The second-order valence-electron chi connectivity index (χ2n) is 5.38. The predicted molar refractivity (Wildman–Crippen MR) is 92.4 cm³/mol. The van der Waals surface area contributed by atoms with Crippen molar-refractivity contribution in [2.45, 2.75) is 19.9 Å². The molecule has 0 unspecified atom stereocenters. The van der Waals surface area contributed by atoms with Crippen LogP contribution in [0.15, 0.2) is 35.3 Å². The van der Waals surface area contributed by atoms with Gasteiger partial charge in [0, 0.05) is 12.7 Å². The standard InChI is InChI=1S/C17H24N4O3/c1-4-21(5-2)15(12-7-6-8-13(9-12)24-3)11-18-16(22)14-10-19-17(23)20-14/h6-10,15H,4-5,11H2,1-3H3,(H,18,22)(H2,19,20,23)/t15-/m1/s1. The molecule has 0 aliphatic carbocycles. The fourth-order valence-electron chi connectivity index (χ4n) is 2.71. The van der Waals surface area contributed by atoms with E-state index >= 15 is 0 Å². The van der Waals surface area contributed by atoms with Crippen LogP contribution in [0, 0.1) is 0 Å². The Morgan fingerprint density at radius 1 is 1.33 bits per heavy atom. The van der Waals surface area contributed by atoms with Crippen LogP contribution in [0.1, 0.15) is 35.9 Å². The first kappa shape index (κ1) is 17.8. The van der Waals surface area contributed by atoms with Gasteiger partial charge < -0.3 is 20.0 Å². The van der Waals surface area contributed by atoms with Gasteiger partial charge in [-0.2, -0.15) is 0 Å². The van der Waals surface area contributed by atoms with Crippen LogP contribution in [0.3, 0.4) is 0 Å². The Morgan fingerprint density at radius 2 is 2.08 bits per heavy atom. The van der Waals surface area contributed by atoms with E-state index < -0.39 is 5.69 Å². The lowest BCUT2D eigenvalue weighted by atomic mass is 10.0. The van der Waals surface area contributed by atoms with Crippen LogP contribution in [0.2, 0.25) is 0 Å². The first-order chi connectivity index (χ1) is 11.6. The van der Waals surface area contributed by atoms with E-state index in [4.69, 9.17) is 4.74 Å². The fraction of sp³-hybridized carbons (Fsp3) is 0.412. The summed E-state index contributed by atoms with van der Waals surface area (Å²) in [7, 11) is 1.63. The Bertz CT molecular complexity index is 718. The van der Waals surface area contributed by atoms with Gasteiger partial charge in [0.15, 0.2) is 0 Å². The highest BCUT2D eigenvalue weighted by molar-refractivity contribution is 5.91. The van der Waals surface area contributed by atoms with Gasteiger partial charge in [0.1, 0.15) is 11.4 Å².